The number of nitrogens with one attached hydrogen (secondary N) is 1. The van der Waals surface area contributed by atoms with Gasteiger partial charge in [0.2, 0.25) is 11.8 Å². The fourth-order valence-electron chi connectivity index (χ4n) is 6.19. The number of aromatic nitrogens is 2. The van der Waals surface area contributed by atoms with Gasteiger partial charge >= 0.3 is 6.01 Å². The van der Waals surface area contributed by atoms with E-state index in [4.69, 9.17) is 4.42 Å². The van der Waals surface area contributed by atoms with Crippen LogP contribution in [-0.2, 0) is 11.2 Å². The minimum absolute atomic E-state index is 0.100. The van der Waals surface area contributed by atoms with Gasteiger partial charge in [-0.15, -0.1) is 5.10 Å². The molecule has 1 aromatic heterocycles. The molecule has 4 aliphatic rings. The lowest BCUT2D eigenvalue weighted by molar-refractivity contribution is -0.140. The zero-order valence-electron chi connectivity index (χ0n) is 16.8. The summed E-state index contributed by atoms with van der Waals surface area (Å²) in [6, 6.07) is 8.74. The van der Waals surface area contributed by atoms with Crippen molar-refractivity contribution in [2.75, 3.05) is 5.32 Å². The van der Waals surface area contributed by atoms with Gasteiger partial charge in [0.15, 0.2) is 0 Å². The Balaban J connectivity index is 1.25. The van der Waals surface area contributed by atoms with Crippen LogP contribution in [0.25, 0.3) is 0 Å². The van der Waals surface area contributed by atoms with Gasteiger partial charge in [0.25, 0.3) is 0 Å². The number of rotatable bonds is 5. The molecule has 28 heavy (non-hydrogen) atoms. The molecule has 4 saturated carbocycles. The topological polar surface area (TPSA) is 68.0 Å². The van der Waals surface area contributed by atoms with Crippen LogP contribution in [0.15, 0.2) is 28.7 Å². The van der Waals surface area contributed by atoms with Crippen LogP contribution in [0.4, 0.5) is 6.01 Å². The summed E-state index contributed by atoms with van der Waals surface area (Å²) in [5.41, 5.74) is 2.25. The summed E-state index contributed by atoms with van der Waals surface area (Å²) < 4.78 is 5.74. The molecule has 2 aromatic rings. The summed E-state index contributed by atoms with van der Waals surface area (Å²) in [6.45, 7) is 4.37. The Morgan fingerprint density at radius 2 is 1.68 bits per heavy atom. The maximum atomic E-state index is 13.1. The number of carbonyl (C=O) groups excluding carboxylic acids is 1. The summed E-state index contributed by atoms with van der Waals surface area (Å²) in [5.74, 6) is 3.38. The molecule has 1 amide bonds. The molecule has 5 nitrogen and oxygen atoms in total. The molecule has 0 atom stereocenters. The number of hydrogen-bond donors (Lipinski definition) is 1. The molecule has 0 aliphatic heterocycles. The monoisotopic (exact) mass is 379 g/mol. The van der Waals surface area contributed by atoms with Crippen molar-refractivity contribution in [3.63, 3.8) is 0 Å². The second kappa shape index (κ2) is 6.71. The highest BCUT2D eigenvalue weighted by molar-refractivity contribution is 5.94. The molecule has 1 heterocycles. The van der Waals surface area contributed by atoms with Crippen molar-refractivity contribution in [3.05, 3.63) is 41.3 Å². The van der Waals surface area contributed by atoms with Crippen molar-refractivity contribution in [1.29, 1.82) is 0 Å². The Labute approximate surface area is 166 Å². The molecule has 0 saturated heterocycles. The highest BCUT2D eigenvalue weighted by Crippen LogP contribution is 2.60. The fraction of sp³-hybridized carbons (Fsp3) is 0.609. The Hall–Kier alpha value is -2.17. The zero-order valence-corrected chi connectivity index (χ0v) is 16.8. The molecule has 0 unspecified atom stereocenters. The highest BCUT2D eigenvalue weighted by atomic mass is 16.4. The minimum atomic E-state index is -0.198. The first-order valence-corrected chi connectivity index (χ1v) is 10.7. The van der Waals surface area contributed by atoms with Crippen LogP contribution in [0.5, 0.6) is 0 Å². The quantitative estimate of drug-likeness (QED) is 0.799. The molecular weight excluding hydrogens is 350 g/mol. The Kier molecular flexibility index (Phi) is 4.29. The van der Waals surface area contributed by atoms with Gasteiger partial charge in [-0.2, -0.15) is 0 Å². The molecule has 148 valence electrons. The van der Waals surface area contributed by atoms with Crippen molar-refractivity contribution in [2.24, 2.45) is 23.2 Å². The first-order valence-electron chi connectivity index (χ1n) is 10.7. The standard InChI is InChI=1S/C23H29N3O2/c1-14(2)19-5-3-15(4-6-19)10-20-25-26-22(28-20)24-21(27)23-11-16-7-17(12-23)9-18(8-16)13-23/h3-6,14,16-18H,7-13H2,1-2H3,(H,24,26,27). The summed E-state index contributed by atoms with van der Waals surface area (Å²) >= 11 is 0. The van der Waals surface area contributed by atoms with Gasteiger partial charge in [0.05, 0.1) is 11.8 Å². The van der Waals surface area contributed by atoms with Crippen LogP contribution in [0, 0.1) is 23.2 Å². The lowest BCUT2D eigenvalue weighted by atomic mass is 9.49. The van der Waals surface area contributed by atoms with Crippen molar-refractivity contribution in [2.45, 2.75) is 64.7 Å². The second-order valence-corrected chi connectivity index (χ2v) is 9.73. The van der Waals surface area contributed by atoms with E-state index in [2.05, 4.69) is 53.6 Å². The maximum Gasteiger partial charge on any atom is 0.322 e. The summed E-state index contributed by atoms with van der Waals surface area (Å²) in [4.78, 5) is 13.1. The number of carbonyl (C=O) groups is 1. The van der Waals surface area contributed by atoms with Gasteiger partial charge < -0.3 is 4.42 Å². The average Bonchev–Trinajstić information content (AvgIpc) is 3.08. The van der Waals surface area contributed by atoms with Crippen LogP contribution in [0.3, 0.4) is 0 Å². The lowest BCUT2D eigenvalue weighted by Crippen LogP contribution is -2.51. The van der Waals surface area contributed by atoms with Gasteiger partial charge in [-0.3, -0.25) is 10.1 Å². The molecule has 4 bridgehead atoms. The van der Waals surface area contributed by atoms with Crippen molar-refractivity contribution >= 4 is 11.9 Å². The first kappa shape index (κ1) is 17.9. The Morgan fingerprint density at radius 1 is 1.07 bits per heavy atom. The molecule has 6 rings (SSSR count). The number of nitrogens with zero attached hydrogens (tertiary/aromatic N) is 2. The van der Waals surface area contributed by atoms with Crippen LogP contribution < -0.4 is 5.32 Å². The molecule has 4 aliphatic carbocycles. The highest BCUT2D eigenvalue weighted by Gasteiger charge is 2.54. The van der Waals surface area contributed by atoms with Crippen LogP contribution in [0.2, 0.25) is 0 Å². The molecule has 4 fully saturated rings. The van der Waals surface area contributed by atoms with E-state index >= 15 is 0 Å². The molecule has 1 N–H and O–H groups in total. The Morgan fingerprint density at radius 3 is 2.25 bits per heavy atom. The third-order valence-electron chi connectivity index (χ3n) is 7.21. The number of benzene rings is 1. The van der Waals surface area contributed by atoms with Crippen LogP contribution in [0.1, 0.15) is 75.3 Å². The van der Waals surface area contributed by atoms with E-state index in [-0.39, 0.29) is 17.3 Å². The number of hydrogen-bond acceptors (Lipinski definition) is 4. The van der Waals surface area contributed by atoms with E-state index in [0.29, 0.717) is 18.2 Å². The van der Waals surface area contributed by atoms with E-state index in [1.54, 1.807) is 0 Å². The van der Waals surface area contributed by atoms with E-state index < -0.39 is 0 Å². The Bertz CT molecular complexity index is 833. The lowest BCUT2D eigenvalue weighted by Gasteiger charge is -2.55. The smallest absolute Gasteiger partial charge is 0.322 e. The number of anilines is 1. The molecule has 5 heteroatoms. The minimum Gasteiger partial charge on any atom is -0.407 e. The molecule has 0 spiro atoms. The fourth-order valence-corrected chi connectivity index (χ4v) is 6.19. The third kappa shape index (κ3) is 3.25. The van der Waals surface area contributed by atoms with Crippen molar-refractivity contribution in [1.82, 2.24) is 10.2 Å². The van der Waals surface area contributed by atoms with Crippen molar-refractivity contribution < 1.29 is 9.21 Å². The first-order chi connectivity index (χ1) is 13.5. The summed E-state index contributed by atoms with van der Waals surface area (Å²) in [6.07, 6.45) is 7.67. The normalized spacial score (nSPS) is 30.8. The van der Waals surface area contributed by atoms with E-state index in [0.717, 1.165) is 42.6 Å². The summed E-state index contributed by atoms with van der Waals surface area (Å²) in [5, 5.41) is 11.2. The largest absolute Gasteiger partial charge is 0.407 e. The van der Waals surface area contributed by atoms with E-state index in [9.17, 15) is 4.79 Å². The van der Waals surface area contributed by atoms with Crippen molar-refractivity contribution in [3.8, 4) is 0 Å². The van der Waals surface area contributed by atoms with Gasteiger partial charge in [-0.1, -0.05) is 43.2 Å². The van der Waals surface area contributed by atoms with Gasteiger partial charge in [0, 0.05) is 0 Å². The molecule has 1 aromatic carbocycles. The number of amides is 1. The van der Waals surface area contributed by atoms with E-state index in [1.807, 2.05) is 0 Å². The molecular formula is C23H29N3O2. The zero-order chi connectivity index (χ0) is 19.3. The van der Waals surface area contributed by atoms with Crippen LogP contribution in [-0.4, -0.2) is 16.1 Å². The van der Waals surface area contributed by atoms with Crippen LogP contribution >= 0.6 is 0 Å². The van der Waals surface area contributed by atoms with E-state index in [1.165, 1.54) is 24.8 Å². The SMILES string of the molecule is CC(C)c1ccc(Cc2nnc(NC(=O)C34CC5CC(CC(C5)C3)C4)o2)cc1. The third-order valence-corrected chi connectivity index (χ3v) is 7.21. The summed E-state index contributed by atoms with van der Waals surface area (Å²) in [7, 11) is 0. The maximum absolute atomic E-state index is 13.1. The van der Waals surface area contributed by atoms with Gasteiger partial charge in [-0.25, -0.2) is 0 Å². The molecule has 0 radical (unpaired) electrons. The second-order valence-electron chi connectivity index (χ2n) is 9.73. The van der Waals surface area contributed by atoms with Gasteiger partial charge in [0.1, 0.15) is 0 Å². The predicted octanol–water partition coefficient (Wildman–Crippen LogP) is 4.94. The average molecular weight is 380 g/mol. The van der Waals surface area contributed by atoms with Gasteiger partial charge in [-0.05, 0) is 73.3 Å². The predicted molar refractivity (Wildman–Crippen MR) is 107 cm³/mol.